The summed E-state index contributed by atoms with van der Waals surface area (Å²) in [4.78, 5) is 30.4. The van der Waals surface area contributed by atoms with Gasteiger partial charge in [-0.25, -0.2) is 4.79 Å². The number of aromatic amines is 1. The van der Waals surface area contributed by atoms with E-state index in [4.69, 9.17) is 4.74 Å². The molecule has 156 valence electrons. The smallest absolute Gasteiger partial charge is 0.455 e. The molecule has 29 heavy (non-hydrogen) atoms. The fourth-order valence-electron chi connectivity index (χ4n) is 4.86. The van der Waals surface area contributed by atoms with E-state index in [0.29, 0.717) is 18.3 Å². The van der Waals surface area contributed by atoms with E-state index in [9.17, 15) is 26.9 Å². The van der Waals surface area contributed by atoms with Crippen molar-refractivity contribution in [3.63, 3.8) is 0 Å². The Balaban J connectivity index is 0.000000369. The molecule has 4 bridgehead atoms. The summed E-state index contributed by atoms with van der Waals surface area (Å²) in [5.74, 6) is -0.225. The summed E-state index contributed by atoms with van der Waals surface area (Å²) in [6.45, 7) is 0.542. The quantitative estimate of drug-likeness (QED) is 0.464. The third-order valence-corrected chi connectivity index (χ3v) is 5.98. The Bertz CT molecular complexity index is 893. The average Bonchev–Trinajstić information content (AvgIpc) is 3.07. The lowest BCUT2D eigenvalue weighted by atomic mass is 9.70. The van der Waals surface area contributed by atoms with Gasteiger partial charge in [-0.05, 0) is 31.4 Å². The highest BCUT2D eigenvalue weighted by atomic mass is 19.5. The number of halogens is 4. The highest BCUT2D eigenvalue weighted by Gasteiger charge is 2.54. The molecular weight excluding hydrogens is 391 g/mol. The van der Waals surface area contributed by atoms with Gasteiger partial charge < -0.3 is 27.0 Å². The monoisotopic (exact) mass is 411 g/mol. The normalized spacial score (nSPS) is 30.6. The molecule has 1 aromatic carbocycles. The van der Waals surface area contributed by atoms with Crippen LogP contribution in [0.25, 0.3) is 10.9 Å². The van der Waals surface area contributed by atoms with Crippen LogP contribution in [0.5, 0.6) is 0 Å². The van der Waals surface area contributed by atoms with Crippen LogP contribution in [0.15, 0.2) is 30.3 Å². The van der Waals surface area contributed by atoms with Gasteiger partial charge in [-0.2, -0.15) is 0 Å². The maximum atomic E-state index is 12.6. The van der Waals surface area contributed by atoms with Crippen LogP contribution in [0.1, 0.15) is 36.2 Å². The predicted molar refractivity (Wildman–Crippen MR) is 98.9 cm³/mol. The first-order valence-corrected chi connectivity index (χ1v) is 9.65. The zero-order chi connectivity index (χ0) is 20.8. The van der Waals surface area contributed by atoms with Gasteiger partial charge in [-0.3, -0.25) is 9.69 Å². The number of carbonyl (C=O) groups excluding carboxylic acids is 2. The molecule has 5 atom stereocenters. The van der Waals surface area contributed by atoms with Gasteiger partial charge in [0.2, 0.25) is 0 Å². The van der Waals surface area contributed by atoms with E-state index in [1.54, 1.807) is 0 Å². The molecule has 0 amide bonds. The number of aromatic nitrogens is 1. The minimum Gasteiger partial charge on any atom is -0.455 e. The van der Waals surface area contributed by atoms with Crippen LogP contribution < -0.4 is 0 Å². The van der Waals surface area contributed by atoms with Gasteiger partial charge in [-0.1, -0.05) is 24.6 Å². The molecule has 1 N–H and O–H groups in total. The average molecular weight is 411 g/mol. The van der Waals surface area contributed by atoms with Crippen molar-refractivity contribution in [2.24, 2.45) is 5.92 Å². The Morgan fingerprint density at radius 1 is 1.17 bits per heavy atom. The number of para-hydroxylation sites is 1. The topological polar surface area (TPSA) is 62.4 Å². The highest BCUT2D eigenvalue weighted by Crippen LogP contribution is 2.43. The molecule has 4 fully saturated rings. The highest BCUT2D eigenvalue weighted by molar-refractivity contribution is 6.50. The van der Waals surface area contributed by atoms with E-state index in [2.05, 4.69) is 9.88 Å². The lowest BCUT2D eigenvalue weighted by Gasteiger charge is -2.55. The van der Waals surface area contributed by atoms with Crippen LogP contribution in [0.3, 0.4) is 0 Å². The number of Topliss-reactive ketones (excluding diaryl/α,β-unsaturated/α-hetero) is 1. The van der Waals surface area contributed by atoms with Crippen molar-refractivity contribution >= 4 is 29.9 Å². The summed E-state index contributed by atoms with van der Waals surface area (Å²) in [6.07, 6.45) is 3.91. The molecule has 1 aromatic heterocycles. The second-order valence-electron chi connectivity index (χ2n) is 7.77. The van der Waals surface area contributed by atoms with Gasteiger partial charge in [-0.15, -0.1) is 0 Å². The van der Waals surface area contributed by atoms with Crippen molar-refractivity contribution in [2.45, 2.75) is 43.9 Å². The number of hydrogen-bond donors (Lipinski definition) is 1. The Morgan fingerprint density at radius 3 is 2.62 bits per heavy atom. The van der Waals surface area contributed by atoms with Crippen LogP contribution >= 0.6 is 0 Å². The molecule has 4 aliphatic rings. The SMILES string of the molecule is F[B-](F)(F)F.O=C(OC1C2CC3CCCC1N3CC2=O)c1cc2ccccc2[nH]1. The molecule has 10 heteroatoms. The number of ether oxygens (including phenoxy) is 1. The Morgan fingerprint density at radius 2 is 1.90 bits per heavy atom. The Hall–Kier alpha value is -2.36. The van der Waals surface area contributed by atoms with Gasteiger partial charge in [0.1, 0.15) is 11.8 Å². The molecule has 5 nitrogen and oxygen atoms in total. The van der Waals surface area contributed by atoms with Crippen molar-refractivity contribution < 1.29 is 31.6 Å². The van der Waals surface area contributed by atoms with Crippen LogP contribution in [0.4, 0.5) is 17.3 Å². The lowest BCUT2D eigenvalue weighted by Crippen LogP contribution is -2.68. The summed E-state index contributed by atoms with van der Waals surface area (Å²) in [5, 5.41) is 0.993. The number of fused-ring (bicyclic) bond motifs is 2. The minimum atomic E-state index is -6.00. The van der Waals surface area contributed by atoms with E-state index in [1.165, 1.54) is 6.42 Å². The molecule has 6 rings (SSSR count). The van der Waals surface area contributed by atoms with Crippen molar-refractivity contribution in [3.05, 3.63) is 36.0 Å². The first kappa shape index (κ1) is 19.9. The van der Waals surface area contributed by atoms with Crippen LogP contribution in [0, 0.1) is 5.92 Å². The van der Waals surface area contributed by atoms with Gasteiger partial charge in [0.05, 0.1) is 12.5 Å². The van der Waals surface area contributed by atoms with Crippen molar-refractivity contribution in [1.82, 2.24) is 9.88 Å². The fraction of sp³-hybridized carbons (Fsp3) is 0.474. The second-order valence-corrected chi connectivity index (χ2v) is 7.77. The van der Waals surface area contributed by atoms with Crippen molar-refractivity contribution in [3.8, 4) is 0 Å². The predicted octanol–water partition coefficient (Wildman–Crippen LogP) is 3.82. The van der Waals surface area contributed by atoms with Crippen LogP contribution in [-0.2, 0) is 9.53 Å². The number of rotatable bonds is 2. The summed E-state index contributed by atoms with van der Waals surface area (Å²) in [7, 11) is -6.00. The van der Waals surface area contributed by atoms with Crippen LogP contribution in [0.2, 0.25) is 0 Å². The number of esters is 1. The summed E-state index contributed by atoms with van der Waals surface area (Å²) in [5.41, 5.74) is 1.39. The van der Waals surface area contributed by atoms with Gasteiger partial charge in [0.25, 0.3) is 0 Å². The molecular formula is C19H20BF4N2O3-. The van der Waals surface area contributed by atoms with Crippen molar-refractivity contribution in [1.29, 1.82) is 0 Å². The zero-order valence-corrected chi connectivity index (χ0v) is 15.5. The number of H-pyrrole nitrogens is 1. The maximum Gasteiger partial charge on any atom is 0.673 e. The number of nitrogens with one attached hydrogen (secondary N) is 1. The third kappa shape index (κ3) is 4.17. The number of carbonyl (C=O) groups is 2. The largest absolute Gasteiger partial charge is 0.673 e. The van der Waals surface area contributed by atoms with E-state index in [0.717, 1.165) is 30.2 Å². The maximum absolute atomic E-state index is 12.6. The third-order valence-electron chi connectivity index (χ3n) is 5.98. The van der Waals surface area contributed by atoms with E-state index in [-0.39, 0.29) is 29.8 Å². The summed E-state index contributed by atoms with van der Waals surface area (Å²) >= 11 is 0. The van der Waals surface area contributed by atoms with E-state index in [1.807, 2.05) is 30.3 Å². The van der Waals surface area contributed by atoms with E-state index >= 15 is 0 Å². The number of hydrogen-bond acceptors (Lipinski definition) is 4. The second kappa shape index (κ2) is 7.48. The molecule has 4 saturated heterocycles. The Labute approximate surface area is 164 Å². The molecule has 4 aliphatic heterocycles. The van der Waals surface area contributed by atoms with Gasteiger partial charge >= 0.3 is 13.2 Å². The molecule has 2 aromatic rings. The molecule has 0 aliphatic carbocycles. The standard InChI is InChI=1S/C19H20N2O3.BF4/c22-17-10-21-12-5-3-7-16(21)18(13(17)9-12)24-19(23)15-8-11-4-1-2-6-14(11)20-15;2-1(3,4)5/h1-2,4,6,8,12-13,16,18,20H,3,5,7,9-10H2;/q;-1. The fourth-order valence-corrected chi connectivity index (χ4v) is 4.86. The number of piperidine rings is 4. The minimum absolute atomic E-state index is 0.112. The molecule has 0 radical (unpaired) electrons. The van der Waals surface area contributed by atoms with Crippen molar-refractivity contribution in [2.75, 3.05) is 6.54 Å². The number of benzene rings is 1. The molecule has 0 saturated carbocycles. The van der Waals surface area contributed by atoms with Gasteiger partial charge in [0, 0.05) is 23.0 Å². The molecule has 5 unspecified atom stereocenters. The number of nitrogens with zero attached hydrogens (tertiary/aromatic N) is 1. The lowest BCUT2D eigenvalue weighted by molar-refractivity contribution is -0.160. The van der Waals surface area contributed by atoms with Gasteiger partial charge in [0.15, 0.2) is 5.78 Å². The first-order chi connectivity index (χ1) is 13.7. The molecule has 0 spiro atoms. The first-order valence-electron chi connectivity index (χ1n) is 9.65. The summed E-state index contributed by atoms with van der Waals surface area (Å²) in [6, 6.07) is 10.3. The van der Waals surface area contributed by atoms with Crippen LogP contribution in [-0.4, -0.2) is 53.6 Å². The zero-order valence-electron chi connectivity index (χ0n) is 15.5. The van der Waals surface area contributed by atoms with E-state index < -0.39 is 7.25 Å². The number of ketones is 1. The molecule has 5 heterocycles. The summed E-state index contributed by atoms with van der Waals surface area (Å²) < 4.78 is 44.9. The Kier molecular flexibility index (Phi) is 5.14.